The minimum absolute atomic E-state index is 0.764. The van der Waals surface area contributed by atoms with Crippen LogP contribution in [0.3, 0.4) is 0 Å². The van der Waals surface area contributed by atoms with Crippen molar-refractivity contribution >= 4 is 5.69 Å². The predicted molar refractivity (Wildman–Crippen MR) is 68.1 cm³/mol. The summed E-state index contributed by atoms with van der Waals surface area (Å²) in [6.07, 6.45) is 0. The number of anilines is 1. The van der Waals surface area contributed by atoms with Gasteiger partial charge in [-0.1, -0.05) is 5.21 Å². The van der Waals surface area contributed by atoms with Crippen LogP contribution in [-0.4, -0.2) is 53.7 Å². The molecular formula is C12H17N6+. The number of aromatic amines is 2. The molecule has 1 aliphatic heterocycles. The maximum absolute atomic E-state index is 3.96. The van der Waals surface area contributed by atoms with E-state index < -0.39 is 0 Å². The molecule has 2 N–H and O–H groups in total. The van der Waals surface area contributed by atoms with Crippen molar-refractivity contribution in [2.24, 2.45) is 0 Å². The third-order valence-electron chi connectivity index (χ3n) is 3.38. The minimum atomic E-state index is 0.764. The number of nitrogens with one attached hydrogen (secondary N) is 2. The maximum Gasteiger partial charge on any atom is 0.329 e. The molecule has 1 aromatic heterocycles. The van der Waals surface area contributed by atoms with Crippen molar-refractivity contribution < 1.29 is 5.10 Å². The Hall–Kier alpha value is -1.95. The molecule has 0 bridgehead atoms. The topological polar surface area (TPSA) is 62.2 Å². The molecule has 0 atom stereocenters. The molecule has 94 valence electrons. The van der Waals surface area contributed by atoms with E-state index in [2.05, 4.69) is 61.7 Å². The van der Waals surface area contributed by atoms with E-state index in [1.54, 1.807) is 0 Å². The van der Waals surface area contributed by atoms with Crippen LogP contribution in [0.1, 0.15) is 0 Å². The Kier molecular flexibility index (Phi) is 2.93. The number of hydrogen-bond donors (Lipinski definition) is 1. The minimum Gasteiger partial charge on any atom is -0.369 e. The molecule has 1 aromatic carbocycles. The van der Waals surface area contributed by atoms with E-state index in [4.69, 9.17) is 0 Å². The Labute approximate surface area is 106 Å². The number of H-pyrrole nitrogens is 2. The fourth-order valence-electron chi connectivity index (χ4n) is 2.20. The van der Waals surface area contributed by atoms with E-state index in [9.17, 15) is 0 Å². The van der Waals surface area contributed by atoms with Crippen molar-refractivity contribution in [3.8, 4) is 11.4 Å². The van der Waals surface area contributed by atoms with Crippen molar-refractivity contribution in [1.29, 1.82) is 0 Å². The number of aromatic nitrogens is 4. The summed E-state index contributed by atoms with van der Waals surface area (Å²) in [5, 5.41) is 13.1. The molecule has 1 saturated heterocycles. The number of piperazine rings is 1. The van der Waals surface area contributed by atoms with Crippen LogP contribution in [0.25, 0.3) is 11.4 Å². The van der Waals surface area contributed by atoms with E-state index >= 15 is 0 Å². The van der Waals surface area contributed by atoms with E-state index in [0.29, 0.717) is 0 Å². The Morgan fingerprint density at radius 3 is 2.44 bits per heavy atom. The van der Waals surface area contributed by atoms with Crippen LogP contribution >= 0.6 is 0 Å². The number of likely N-dealkylation sites (N-methyl/N-ethyl adjacent to an activating group) is 1. The molecule has 0 aliphatic carbocycles. The lowest BCUT2D eigenvalue weighted by Gasteiger charge is -2.34. The third kappa shape index (κ3) is 2.19. The molecule has 0 unspecified atom stereocenters. The average Bonchev–Trinajstić information content (AvgIpc) is 2.94. The lowest BCUT2D eigenvalue weighted by molar-refractivity contribution is -0.444. The smallest absolute Gasteiger partial charge is 0.329 e. The van der Waals surface area contributed by atoms with Crippen molar-refractivity contribution in [2.45, 2.75) is 0 Å². The summed E-state index contributed by atoms with van der Waals surface area (Å²) in [6, 6.07) is 8.43. The Bertz CT molecular complexity index is 484. The van der Waals surface area contributed by atoms with Gasteiger partial charge in [0.05, 0.1) is 5.56 Å². The Balaban J connectivity index is 1.75. The maximum atomic E-state index is 3.96. The van der Waals surface area contributed by atoms with Gasteiger partial charge < -0.3 is 9.80 Å². The zero-order valence-corrected chi connectivity index (χ0v) is 10.4. The summed E-state index contributed by atoms with van der Waals surface area (Å²) >= 11 is 0. The van der Waals surface area contributed by atoms with Crippen LogP contribution < -0.4 is 10.00 Å². The highest BCUT2D eigenvalue weighted by atomic mass is 15.5. The van der Waals surface area contributed by atoms with Gasteiger partial charge in [-0.15, -0.1) is 0 Å². The van der Waals surface area contributed by atoms with Crippen molar-refractivity contribution in [2.75, 3.05) is 38.1 Å². The van der Waals surface area contributed by atoms with E-state index in [1.807, 2.05) is 0 Å². The number of hydrogen-bond acceptors (Lipinski definition) is 4. The Morgan fingerprint density at radius 2 is 1.83 bits per heavy atom. The highest BCUT2D eigenvalue weighted by Gasteiger charge is 2.15. The predicted octanol–water partition coefficient (Wildman–Crippen LogP) is 0.0376. The summed E-state index contributed by atoms with van der Waals surface area (Å²) in [5.41, 5.74) is 2.32. The molecule has 0 amide bonds. The normalized spacial score (nSPS) is 17.1. The first-order valence-corrected chi connectivity index (χ1v) is 6.15. The van der Waals surface area contributed by atoms with Crippen LogP contribution in [-0.2, 0) is 0 Å². The highest BCUT2D eigenvalue weighted by molar-refractivity contribution is 5.58. The first-order chi connectivity index (χ1) is 8.83. The summed E-state index contributed by atoms with van der Waals surface area (Å²) in [5.74, 6) is 0.764. The third-order valence-corrected chi connectivity index (χ3v) is 3.38. The number of rotatable bonds is 2. The molecular weight excluding hydrogens is 228 g/mol. The number of nitrogens with zero attached hydrogens (tertiary/aromatic N) is 4. The molecule has 1 fully saturated rings. The molecule has 0 spiro atoms. The molecule has 6 nitrogen and oxygen atoms in total. The second-order valence-electron chi connectivity index (χ2n) is 4.62. The number of benzene rings is 1. The molecule has 6 heteroatoms. The first-order valence-electron chi connectivity index (χ1n) is 6.15. The van der Waals surface area contributed by atoms with E-state index in [0.717, 1.165) is 37.6 Å². The standard InChI is InChI=1S/C12H16N6/c1-17-6-8-18(9-7-17)11-4-2-10(3-5-11)12-13-15-16-14-12/h2-5H,6-9H2,1H3,(H,13,14,15,16)/p+1. The molecule has 0 radical (unpaired) electrons. The van der Waals surface area contributed by atoms with Crippen LogP contribution in [0.2, 0.25) is 0 Å². The fourth-order valence-corrected chi connectivity index (χ4v) is 2.20. The average molecular weight is 245 g/mol. The van der Waals surface area contributed by atoms with Crippen LogP contribution in [0.15, 0.2) is 24.3 Å². The van der Waals surface area contributed by atoms with Gasteiger partial charge in [-0.05, 0) is 31.3 Å². The van der Waals surface area contributed by atoms with Gasteiger partial charge in [0.15, 0.2) is 5.21 Å². The van der Waals surface area contributed by atoms with Gasteiger partial charge in [0.2, 0.25) is 0 Å². The zero-order valence-electron chi connectivity index (χ0n) is 10.4. The van der Waals surface area contributed by atoms with Crippen LogP contribution in [0.5, 0.6) is 0 Å². The van der Waals surface area contributed by atoms with Gasteiger partial charge in [0.1, 0.15) is 5.10 Å². The summed E-state index contributed by atoms with van der Waals surface area (Å²) < 4.78 is 0. The van der Waals surface area contributed by atoms with Crippen molar-refractivity contribution in [3.05, 3.63) is 24.3 Å². The highest BCUT2D eigenvalue weighted by Crippen LogP contribution is 2.20. The van der Waals surface area contributed by atoms with Gasteiger partial charge in [-0.25, -0.2) is 0 Å². The first kappa shape index (κ1) is 11.2. The SMILES string of the molecule is CN1CCN(c2ccc(-c3nn[nH][nH+]3)cc2)CC1. The van der Waals surface area contributed by atoms with E-state index in [-0.39, 0.29) is 0 Å². The zero-order chi connectivity index (χ0) is 12.4. The summed E-state index contributed by atoms with van der Waals surface area (Å²) in [6.45, 7) is 4.43. The molecule has 2 aromatic rings. The molecule has 18 heavy (non-hydrogen) atoms. The monoisotopic (exact) mass is 245 g/mol. The second-order valence-corrected chi connectivity index (χ2v) is 4.62. The quantitative estimate of drug-likeness (QED) is 0.811. The lowest BCUT2D eigenvalue weighted by atomic mass is 10.1. The van der Waals surface area contributed by atoms with E-state index in [1.165, 1.54) is 5.69 Å². The van der Waals surface area contributed by atoms with Crippen LogP contribution in [0.4, 0.5) is 5.69 Å². The summed E-state index contributed by atoms with van der Waals surface area (Å²) in [7, 11) is 2.17. The lowest BCUT2D eigenvalue weighted by Crippen LogP contribution is -2.44. The van der Waals surface area contributed by atoms with Crippen molar-refractivity contribution in [1.82, 2.24) is 20.4 Å². The van der Waals surface area contributed by atoms with Gasteiger partial charge in [-0.3, -0.25) is 0 Å². The second kappa shape index (κ2) is 4.73. The van der Waals surface area contributed by atoms with Gasteiger partial charge >= 0.3 is 5.82 Å². The van der Waals surface area contributed by atoms with Crippen LogP contribution in [0, 0.1) is 0 Å². The Morgan fingerprint density at radius 1 is 1.11 bits per heavy atom. The van der Waals surface area contributed by atoms with Gasteiger partial charge in [-0.2, -0.15) is 5.10 Å². The van der Waals surface area contributed by atoms with Crippen molar-refractivity contribution in [3.63, 3.8) is 0 Å². The fraction of sp³-hybridized carbons (Fsp3) is 0.417. The molecule has 3 rings (SSSR count). The van der Waals surface area contributed by atoms with Gasteiger partial charge in [0, 0.05) is 31.9 Å². The molecule has 1 aliphatic rings. The summed E-state index contributed by atoms with van der Waals surface area (Å²) in [4.78, 5) is 4.77. The van der Waals surface area contributed by atoms with Gasteiger partial charge in [0.25, 0.3) is 0 Å². The number of tetrazole rings is 1. The largest absolute Gasteiger partial charge is 0.369 e. The molecule has 2 heterocycles. The molecule has 0 saturated carbocycles.